The minimum Gasteiger partial charge on any atom is -0.383 e. The number of nitrogens with zero attached hydrogens (tertiary/aromatic N) is 2. The molecule has 2 rings (SSSR count). The largest absolute Gasteiger partial charge is 0.383 e. The van der Waals surface area contributed by atoms with Crippen molar-refractivity contribution in [3.05, 3.63) is 29.8 Å². The molecule has 0 aliphatic rings. The van der Waals surface area contributed by atoms with Gasteiger partial charge in [0.2, 0.25) is 0 Å². The van der Waals surface area contributed by atoms with Crippen molar-refractivity contribution in [2.45, 2.75) is 19.9 Å². The third-order valence-electron chi connectivity index (χ3n) is 1.96. The molecule has 0 atom stereocenters. The summed E-state index contributed by atoms with van der Waals surface area (Å²) in [4.78, 5) is 4.16. The first-order valence-electron chi connectivity index (χ1n) is 4.89. The maximum absolute atomic E-state index is 4.19. The van der Waals surface area contributed by atoms with E-state index in [9.17, 15) is 0 Å². The van der Waals surface area contributed by atoms with E-state index in [4.69, 9.17) is 0 Å². The Morgan fingerprint density at radius 1 is 1.20 bits per heavy atom. The van der Waals surface area contributed by atoms with Gasteiger partial charge in [0, 0.05) is 17.3 Å². The van der Waals surface area contributed by atoms with E-state index in [0.29, 0.717) is 6.04 Å². The van der Waals surface area contributed by atoms with Crippen LogP contribution in [0.4, 0.5) is 5.69 Å². The highest BCUT2D eigenvalue weighted by molar-refractivity contribution is 7.03. The molecule has 3 nitrogen and oxygen atoms in total. The van der Waals surface area contributed by atoms with E-state index >= 15 is 0 Å². The predicted molar refractivity (Wildman–Crippen MR) is 64.1 cm³/mol. The fourth-order valence-electron chi connectivity index (χ4n) is 1.35. The molecular formula is C11H13N3S. The van der Waals surface area contributed by atoms with Crippen LogP contribution in [0.5, 0.6) is 0 Å². The Morgan fingerprint density at radius 3 is 2.47 bits per heavy atom. The zero-order chi connectivity index (χ0) is 10.7. The number of nitrogens with one attached hydrogen (secondary N) is 1. The van der Waals surface area contributed by atoms with Crippen LogP contribution in [0.2, 0.25) is 0 Å². The van der Waals surface area contributed by atoms with Gasteiger partial charge in [-0.3, -0.25) is 0 Å². The Morgan fingerprint density at radius 2 is 1.93 bits per heavy atom. The topological polar surface area (TPSA) is 37.8 Å². The summed E-state index contributed by atoms with van der Waals surface area (Å²) < 4.78 is 4.19. The number of hydrogen-bond donors (Lipinski definition) is 1. The van der Waals surface area contributed by atoms with E-state index < -0.39 is 0 Å². The average Bonchev–Trinajstić information content (AvgIpc) is 2.71. The molecule has 1 N–H and O–H groups in total. The van der Waals surface area contributed by atoms with Crippen molar-refractivity contribution in [1.29, 1.82) is 0 Å². The summed E-state index contributed by atoms with van der Waals surface area (Å²) in [7, 11) is 0. The highest BCUT2D eigenvalue weighted by Crippen LogP contribution is 2.18. The summed E-state index contributed by atoms with van der Waals surface area (Å²) in [6.07, 6.45) is 0. The quantitative estimate of drug-likeness (QED) is 0.862. The normalized spacial score (nSPS) is 10.6. The van der Waals surface area contributed by atoms with E-state index in [0.717, 1.165) is 17.1 Å². The second-order valence-corrected chi connectivity index (χ2v) is 4.24. The molecule has 1 aromatic carbocycles. The van der Waals surface area contributed by atoms with Gasteiger partial charge in [-0.2, -0.15) is 4.37 Å². The van der Waals surface area contributed by atoms with Gasteiger partial charge in [0.25, 0.3) is 0 Å². The lowest BCUT2D eigenvalue weighted by Gasteiger charge is -2.09. The van der Waals surface area contributed by atoms with Crippen LogP contribution in [0, 0.1) is 0 Å². The summed E-state index contributed by atoms with van der Waals surface area (Å²) in [6.45, 7) is 4.24. The molecule has 0 bridgehead atoms. The fourth-order valence-corrected chi connectivity index (χ4v) is 1.79. The van der Waals surface area contributed by atoms with Gasteiger partial charge in [0.05, 0.1) is 0 Å². The summed E-state index contributed by atoms with van der Waals surface area (Å²) in [6, 6.07) is 8.62. The van der Waals surface area contributed by atoms with Crippen LogP contribution in [0.3, 0.4) is 0 Å². The number of benzene rings is 1. The lowest BCUT2D eigenvalue weighted by molar-refractivity contribution is 0.900. The summed E-state index contributed by atoms with van der Waals surface area (Å²) in [5, 5.41) is 3.34. The molecule has 0 saturated heterocycles. The van der Waals surface area contributed by atoms with Crippen LogP contribution in [0.15, 0.2) is 29.8 Å². The third kappa shape index (κ3) is 2.53. The molecule has 15 heavy (non-hydrogen) atoms. The molecule has 2 aromatic rings. The van der Waals surface area contributed by atoms with Crippen LogP contribution >= 0.6 is 11.5 Å². The minimum absolute atomic E-state index is 0.452. The second-order valence-electron chi connectivity index (χ2n) is 3.63. The summed E-state index contributed by atoms with van der Waals surface area (Å²) in [5.74, 6) is 0.802. The molecular weight excluding hydrogens is 206 g/mol. The van der Waals surface area contributed by atoms with E-state index in [2.05, 4.69) is 40.7 Å². The zero-order valence-electron chi connectivity index (χ0n) is 8.77. The zero-order valence-corrected chi connectivity index (χ0v) is 9.58. The Labute approximate surface area is 93.4 Å². The molecule has 0 radical (unpaired) electrons. The molecule has 0 aliphatic carbocycles. The summed E-state index contributed by atoms with van der Waals surface area (Å²) in [5.41, 5.74) is 3.94. The maximum Gasteiger partial charge on any atom is 0.172 e. The molecule has 1 aromatic heterocycles. The molecule has 0 spiro atoms. The van der Waals surface area contributed by atoms with Crippen molar-refractivity contribution < 1.29 is 0 Å². The van der Waals surface area contributed by atoms with Gasteiger partial charge in [-0.05, 0) is 49.6 Å². The molecule has 0 aliphatic heterocycles. The third-order valence-corrected chi connectivity index (χ3v) is 2.44. The van der Waals surface area contributed by atoms with Crippen molar-refractivity contribution in [1.82, 2.24) is 9.36 Å². The van der Waals surface area contributed by atoms with Gasteiger partial charge in [-0.15, -0.1) is 0 Å². The summed E-state index contributed by atoms with van der Waals surface area (Å²) >= 11 is 1.37. The van der Waals surface area contributed by atoms with Crippen LogP contribution in [0.25, 0.3) is 11.4 Å². The first kappa shape index (κ1) is 10.1. The molecule has 1 heterocycles. The fraction of sp³-hybridized carbons (Fsp3) is 0.273. The van der Waals surface area contributed by atoms with Crippen molar-refractivity contribution in [3.8, 4) is 11.4 Å². The van der Waals surface area contributed by atoms with Crippen LogP contribution in [-0.4, -0.2) is 15.4 Å². The van der Waals surface area contributed by atoms with Crippen molar-refractivity contribution in [2.75, 3.05) is 5.32 Å². The number of aromatic nitrogens is 2. The average molecular weight is 219 g/mol. The highest BCUT2D eigenvalue weighted by atomic mass is 32.1. The van der Waals surface area contributed by atoms with Crippen molar-refractivity contribution >= 4 is 17.2 Å². The standard InChI is InChI=1S/C11H13N3S/c1-8(2)13-10-5-3-9(4-6-10)11-12-7-15-14-11/h3-8,13H,1-2H3. The number of hydrogen-bond acceptors (Lipinski definition) is 4. The van der Waals surface area contributed by atoms with Crippen LogP contribution in [0.1, 0.15) is 13.8 Å². The molecule has 0 amide bonds. The van der Waals surface area contributed by atoms with Gasteiger partial charge in [0.15, 0.2) is 5.82 Å². The number of anilines is 1. The van der Waals surface area contributed by atoms with Gasteiger partial charge in [-0.1, -0.05) is 0 Å². The van der Waals surface area contributed by atoms with Crippen molar-refractivity contribution in [3.63, 3.8) is 0 Å². The Bertz CT molecular complexity index is 406. The first-order chi connectivity index (χ1) is 7.25. The minimum atomic E-state index is 0.452. The number of rotatable bonds is 3. The van der Waals surface area contributed by atoms with E-state index in [1.165, 1.54) is 11.5 Å². The lowest BCUT2D eigenvalue weighted by Crippen LogP contribution is -2.09. The first-order valence-corrected chi connectivity index (χ1v) is 5.72. The SMILES string of the molecule is CC(C)Nc1ccc(-c2ncsn2)cc1. The van der Waals surface area contributed by atoms with E-state index in [1.807, 2.05) is 12.1 Å². The smallest absolute Gasteiger partial charge is 0.172 e. The van der Waals surface area contributed by atoms with Crippen molar-refractivity contribution in [2.24, 2.45) is 0 Å². The monoisotopic (exact) mass is 219 g/mol. The Kier molecular flexibility index (Phi) is 2.97. The predicted octanol–water partition coefficient (Wildman–Crippen LogP) is 3.03. The molecule has 0 saturated carbocycles. The van der Waals surface area contributed by atoms with Gasteiger partial charge >= 0.3 is 0 Å². The molecule has 0 unspecified atom stereocenters. The second kappa shape index (κ2) is 4.40. The van der Waals surface area contributed by atoms with Gasteiger partial charge < -0.3 is 5.32 Å². The Hall–Kier alpha value is -1.42. The van der Waals surface area contributed by atoms with Gasteiger partial charge in [-0.25, -0.2) is 4.98 Å². The molecule has 0 fully saturated rings. The Balaban J connectivity index is 2.17. The lowest BCUT2D eigenvalue weighted by atomic mass is 10.2. The highest BCUT2D eigenvalue weighted by Gasteiger charge is 2.01. The van der Waals surface area contributed by atoms with Crippen LogP contribution < -0.4 is 5.32 Å². The maximum atomic E-state index is 4.19. The van der Waals surface area contributed by atoms with E-state index in [1.54, 1.807) is 5.51 Å². The van der Waals surface area contributed by atoms with Crippen LogP contribution in [-0.2, 0) is 0 Å². The molecule has 78 valence electrons. The van der Waals surface area contributed by atoms with Gasteiger partial charge in [0.1, 0.15) is 5.51 Å². The van der Waals surface area contributed by atoms with E-state index in [-0.39, 0.29) is 0 Å². The molecule has 4 heteroatoms.